The van der Waals surface area contributed by atoms with Crippen LogP contribution in [0.5, 0.6) is 0 Å². The molecule has 0 amide bonds. The third kappa shape index (κ3) is 3.14. The first-order valence-electron chi connectivity index (χ1n) is 6.77. The molecule has 0 atom stereocenters. The zero-order chi connectivity index (χ0) is 15.8. The van der Waals surface area contributed by atoms with Crippen molar-refractivity contribution in [1.82, 2.24) is 4.98 Å². The molecule has 0 spiro atoms. The van der Waals surface area contributed by atoms with E-state index in [2.05, 4.69) is 4.98 Å². The molecule has 7 heteroatoms. The minimum Gasteiger partial charge on any atom is -0.400 e. The Labute approximate surface area is 124 Å². The molecule has 0 N–H and O–H groups in total. The van der Waals surface area contributed by atoms with E-state index in [1.54, 1.807) is 19.0 Å². The second-order valence-electron chi connectivity index (χ2n) is 6.14. The number of rotatable bonds is 3. The number of hydrogen-bond donors (Lipinski definition) is 0. The summed E-state index contributed by atoms with van der Waals surface area (Å²) in [6, 6.07) is 1.44. The highest BCUT2D eigenvalue weighted by Gasteiger charge is 2.50. The number of aryl methyl sites for hydroxylation is 1. The summed E-state index contributed by atoms with van der Waals surface area (Å²) >= 11 is 0. The zero-order valence-electron chi connectivity index (χ0n) is 12.9. The third-order valence-corrected chi connectivity index (χ3v) is 3.99. The summed E-state index contributed by atoms with van der Waals surface area (Å²) in [4.78, 5) is 14.6. The molecule has 0 aliphatic carbocycles. The van der Waals surface area contributed by atoms with E-state index in [-0.39, 0.29) is 5.69 Å². The van der Waals surface area contributed by atoms with Crippen molar-refractivity contribution < 1.29 is 14.2 Å². The number of nitrogens with zero attached hydrogens (tertiary/aromatic N) is 2. The first-order valence-corrected chi connectivity index (χ1v) is 6.77. The van der Waals surface area contributed by atoms with Crippen LogP contribution in [-0.2, 0) is 9.31 Å². The summed E-state index contributed by atoms with van der Waals surface area (Å²) in [6.45, 7) is 9.53. The van der Waals surface area contributed by atoms with Crippen LogP contribution in [0, 0.1) is 17.0 Å². The maximum Gasteiger partial charge on any atom is 0.487 e. The SMILES string of the molecule is Cc1cnc(/C=C/B2OC(C)(C)C(C)(C)O2)cc1[N+](=O)[O-]. The van der Waals surface area contributed by atoms with Crippen LogP contribution in [0.4, 0.5) is 5.69 Å². The molecule has 0 bridgehead atoms. The van der Waals surface area contributed by atoms with Gasteiger partial charge in [-0.25, -0.2) is 0 Å². The largest absolute Gasteiger partial charge is 0.487 e. The molecule has 0 aromatic carbocycles. The fourth-order valence-electron chi connectivity index (χ4n) is 1.96. The highest BCUT2D eigenvalue weighted by atomic mass is 16.7. The molecular formula is C14H19BN2O4. The summed E-state index contributed by atoms with van der Waals surface area (Å²) in [5.74, 6) is 1.72. The highest BCUT2D eigenvalue weighted by Crippen LogP contribution is 2.37. The van der Waals surface area contributed by atoms with Gasteiger partial charge in [0, 0.05) is 17.8 Å². The average molecular weight is 290 g/mol. The maximum absolute atomic E-state index is 10.9. The Balaban J connectivity index is 2.16. The van der Waals surface area contributed by atoms with Crippen molar-refractivity contribution in [2.45, 2.75) is 45.8 Å². The molecule has 2 rings (SSSR count). The van der Waals surface area contributed by atoms with Crippen LogP contribution >= 0.6 is 0 Å². The lowest BCUT2D eigenvalue weighted by Crippen LogP contribution is -2.41. The number of aromatic nitrogens is 1. The van der Waals surface area contributed by atoms with E-state index in [4.69, 9.17) is 9.31 Å². The van der Waals surface area contributed by atoms with Gasteiger partial charge < -0.3 is 9.31 Å². The van der Waals surface area contributed by atoms with Crippen molar-refractivity contribution in [2.24, 2.45) is 0 Å². The summed E-state index contributed by atoms with van der Waals surface area (Å²) < 4.78 is 11.6. The second kappa shape index (κ2) is 5.24. The Bertz CT molecular complexity index is 583. The fourth-order valence-corrected chi connectivity index (χ4v) is 1.96. The van der Waals surface area contributed by atoms with E-state index in [9.17, 15) is 10.1 Å². The van der Waals surface area contributed by atoms with Crippen LogP contribution < -0.4 is 0 Å². The summed E-state index contributed by atoms with van der Waals surface area (Å²) in [5, 5.41) is 10.9. The van der Waals surface area contributed by atoms with Crippen molar-refractivity contribution >= 4 is 18.9 Å². The summed E-state index contributed by atoms with van der Waals surface area (Å²) in [5.41, 5.74) is 0.275. The first kappa shape index (κ1) is 15.7. The van der Waals surface area contributed by atoms with Gasteiger partial charge in [-0.05, 0) is 40.7 Å². The molecule has 1 aliphatic rings. The molecule has 1 aromatic heterocycles. The van der Waals surface area contributed by atoms with Crippen molar-refractivity contribution in [3.8, 4) is 0 Å². The quantitative estimate of drug-likeness (QED) is 0.486. The van der Waals surface area contributed by atoms with Crippen LogP contribution in [0.25, 0.3) is 6.08 Å². The Kier molecular flexibility index (Phi) is 3.90. The van der Waals surface area contributed by atoms with Gasteiger partial charge in [0.15, 0.2) is 0 Å². The Morgan fingerprint density at radius 2 is 1.86 bits per heavy atom. The molecule has 6 nitrogen and oxygen atoms in total. The van der Waals surface area contributed by atoms with E-state index in [0.717, 1.165) is 0 Å². The lowest BCUT2D eigenvalue weighted by Gasteiger charge is -2.32. The van der Waals surface area contributed by atoms with Gasteiger partial charge >= 0.3 is 7.12 Å². The Morgan fingerprint density at radius 1 is 1.29 bits per heavy atom. The normalized spacial score (nSPS) is 20.1. The third-order valence-electron chi connectivity index (χ3n) is 3.99. The van der Waals surface area contributed by atoms with E-state index < -0.39 is 23.2 Å². The molecule has 0 saturated carbocycles. The molecule has 1 fully saturated rings. The van der Waals surface area contributed by atoms with Gasteiger partial charge in [-0.2, -0.15) is 0 Å². The smallest absolute Gasteiger partial charge is 0.400 e. The lowest BCUT2D eigenvalue weighted by molar-refractivity contribution is -0.385. The van der Waals surface area contributed by atoms with Crippen LogP contribution in [-0.4, -0.2) is 28.2 Å². The molecule has 1 aromatic rings. The fraction of sp³-hybridized carbons (Fsp3) is 0.500. The second-order valence-corrected chi connectivity index (χ2v) is 6.14. The molecule has 2 heterocycles. The van der Waals surface area contributed by atoms with Crippen LogP contribution in [0.1, 0.15) is 39.0 Å². The number of nitro groups is 1. The van der Waals surface area contributed by atoms with Crippen LogP contribution in [0.2, 0.25) is 0 Å². The van der Waals surface area contributed by atoms with Gasteiger partial charge in [-0.3, -0.25) is 15.1 Å². The Morgan fingerprint density at radius 3 is 2.38 bits per heavy atom. The minimum absolute atomic E-state index is 0.0542. The highest BCUT2D eigenvalue weighted by molar-refractivity contribution is 6.52. The van der Waals surface area contributed by atoms with Gasteiger partial charge in [-0.15, -0.1) is 0 Å². The van der Waals surface area contributed by atoms with Gasteiger partial charge in [-0.1, -0.05) is 5.98 Å². The summed E-state index contributed by atoms with van der Waals surface area (Å²) in [7, 11) is -0.489. The van der Waals surface area contributed by atoms with Gasteiger partial charge in [0.25, 0.3) is 5.69 Å². The molecule has 112 valence electrons. The number of hydrogen-bond acceptors (Lipinski definition) is 5. The van der Waals surface area contributed by atoms with Crippen molar-refractivity contribution in [2.75, 3.05) is 0 Å². The predicted octanol–water partition coefficient (Wildman–Crippen LogP) is 2.94. The van der Waals surface area contributed by atoms with Gasteiger partial charge in [0.05, 0.1) is 21.8 Å². The zero-order valence-corrected chi connectivity index (χ0v) is 12.9. The molecule has 1 saturated heterocycles. The topological polar surface area (TPSA) is 74.5 Å². The predicted molar refractivity (Wildman–Crippen MR) is 80.7 cm³/mol. The summed E-state index contributed by atoms with van der Waals surface area (Å²) in [6.07, 6.45) is 3.16. The Hall–Kier alpha value is -1.73. The lowest BCUT2D eigenvalue weighted by atomic mass is 9.89. The van der Waals surface area contributed by atoms with E-state index in [0.29, 0.717) is 11.3 Å². The standard InChI is InChI=1S/C14H19BN2O4/c1-10-9-16-11(8-12(10)17(18)19)6-7-15-20-13(2,3)14(4,5)21-15/h6-9H,1-5H3/b7-6+. The van der Waals surface area contributed by atoms with Crippen LogP contribution in [0.15, 0.2) is 18.2 Å². The van der Waals surface area contributed by atoms with Crippen molar-refractivity contribution in [3.63, 3.8) is 0 Å². The molecular weight excluding hydrogens is 271 g/mol. The van der Waals surface area contributed by atoms with E-state index >= 15 is 0 Å². The van der Waals surface area contributed by atoms with Gasteiger partial charge in [0.2, 0.25) is 0 Å². The first-order chi connectivity index (χ1) is 9.62. The molecule has 1 aliphatic heterocycles. The average Bonchev–Trinajstić information content (AvgIpc) is 2.56. The molecule has 21 heavy (non-hydrogen) atoms. The number of pyridine rings is 1. The molecule has 0 radical (unpaired) electrons. The van der Waals surface area contributed by atoms with Gasteiger partial charge in [0.1, 0.15) is 0 Å². The minimum atomic E-state index is -0.489. The van der Waals surface area contributed by atoms with Crippen LogP contribution in [0.3, 0.4) is 0 Å². The molecule has 0 unspecified atom stereocenters. The van der Waals surface area contributed by atoms with E-state index in [1.807, 2.05) is 27.7 Å². The van der Waals surface area contributed by atoms with Crippen molar-refractivity contribution in [1.29, 1.82) is 0 Å². The van der Waals surface area contributed by atoms with E-state index in [1.165, 1.54) is 12.3 Å². The monoisotopic (exact) mass is 290 g/mol. The van der Waals surface area contributed by atoms with Crippen molar-refractivity contribution in [3.05, 3.63) is 39.6 Å². The maximum atomic E-state index is 10.9.